The number of rotatable bonds is 2. The lowest BCUT2D eigenvalue weighted by Crippen LogP contribution is -2.12. The highest BCUT2D eigenvalue weighted by molar-refractivity contribution is 5.82. The average Bonchev–Trinajstić information content (AvgIpc) is 2.47. The second-order valence-corrected chi connectivity index (χ2v) is 4.81. The molecule has 3 aromatic rings. The molecule has 1 unspecified atom stereocenters. The van der Waals surface area contributed by atoms with Gasteiger partial charge in [0, 0.05) is 11.6 Å². The zero-order valence-corrected chi connectivity index (χ0v) is 10.9. The molecular formula is C17H16N2. The highest BCUT2D eigenvalue weighted by Crippen LogP contribution is 2.26. The van der Waals surface area contributed by atoms with Crippen molar-refractivity contribution in [1.82, 2.24) is 4.98 Å². The number of benzene rings is 2. The zero-order chi connectivity index (χ0) is 13.2. The minimum absolute atomic E-state index is 0.117. The molecule has 1 atom stereocenters. The van der Waals surface area contributed by atoms with Gasteiger partial charge < -0.3 is 5.73 Å². The first kappa shape index (κ1) is 11.9. The molecule has 0 amide bonds. The minimum Gasteiger partial charge on any atom is -0.320 e. The molecular weight excluding hydrogens is 232 g/mol. The monoisotopic (exact) mass is 248 g/mol. The average molecular weight is 248 g/mol. The number of aromatic nitrogens is 1. The third kappa shape index (κ3) is 2.23. The second-order valence-electron chi connectivity index (χ2n) is 4.81. The van der Waals surface area contributed by atoms with Gasteiger partial charge in [0.05, 0.1) is 11.6 Å². The minimum atomic E-state index is -0.117. The van der Waals surface area contributed by atoms with Crippen LogP contribution in [0.1, 0.15) is 22.7 Å². The molecule has 19 heavy (non-hydrogen) atoms. The smallest absolute Gasteiger partial charge is 0.0705 e. The Kier molecular flexibility index (Phi) is 3.02. The number of hydrogen-bond donors (Lipinski definition) is 1. The Morgan fingerprint density at radius 1 is 0.947 bits per heavy atom. The van der Waals surface area contributed by atoms with Gasteiger partial charge in [0.25, 0.3) is 0 Å². The molecule has 2 N–H and O–H groups in total. The molecule has 0 radical (unpaired) electrons. The number of para-hydroxylation sites is 1. The van der Waals surface area contributed by atoms with Crippen molar-refractivity contribution in [3.05, 3.63) is 77.5 Å². The normalized spacial score (nSPS) is 12.5. The van der Waals surface area contributed by atoms with Crippen LogP contribution < -0.4 is 5.73 Å². The van der Waals surface area contributed by atoms with Gasteiger partial charge in [-0.05, 0) is 30.2 Å². The van der Waals surface area contributed by atoms with E-state index in [0.29, 0.717) is 0 Å². The van der Waals surface area contributed by atoms with E-state index in [1.165, 1.54) is 5.56 Å². The Balaban J connectivity index is 2.11. The van der Waals surface area contributed by atoms with Crippen LogP contribution in [0.4, 0.5) is 0 Å². The Morgan fingerprint density at radius 3 is 2.47 bits per heavy atom. The van der Waals surface area contributed by atoms with Crippen LogP contribution in [0, 0.1) is 6.92 Å². The van der Waals surface area contributed by atoms with Crippen molar-refractivity contribution in [3.8, 4) is 0 Å². The SMILES string of the molecule is Cc1ccc(C(N)c2ccnc3ccccc23)cc1. The highest BCUT2D eigenvalue weighted by atomic mass is 14.7. The number of aryl methyl sites for hydroxylation is 1. The fraction of sp³-hybridized carbons (Fsp3) is 0.118. The van der Waals surface area contributed by atoms with Crippen molar-refractivity contribution in [3.63, 3.8) is 0 Å². The van der Waals surface area contributed by atoms with E-state index in [2.05, 4.69) is 42.2 Å². The predicted octanol–water partition coefficient (Wildman–Crippen LogP) is 3.59. The largest absolute Gasteiger partial charge is 0.320 e. The van der Waals surface area contributed by atoms with Crippen molar-refractivity contribution in [2.24, 2.45) is 5.73 Å². The van der Waals surface area contributed by atoms with Gasteiger partial charge in [0.2, 0.25) is 0 Å². The van der Waals surface area contributed by atoms with Gasteiger partial charge in [0.15, 0.2) is 0 Å². The van der Waals surface area contributed by atoms with Gasteiger partial charge in [-0.3, -0.25) is 4.98 Å². The second kappa shape index (κ2) is 4.82. The van der Waals surface area contributed by atoms with Gasteiger partial charge in [-0.1, -0.05) is 48.0 Å². The molecule has 0 aliphatic heterocycles. The maximum absolute atomic E-state index is 6.40. The quantitative estimate of drug-likeness (QED) is 0.752. The van der Waals surface area contributed by atoms with Crippen LogP contribution in [0.3, 0.4) is 0 Å². The molecule has 0 aliphatic carbocycles. The molecule has 2 nitrogen and oxygen atoms in total. The fourth-order valence-corrected chi connectivity index (χ4v) is 2.34. The third-order valence-corrected chi connectivity index (χ3v) is 3.45. The van der Waals surface area contributed by atoms with Gasteiger partial charge in [0.1, 0.15) is 0 Å². The summed E-state index contributed by atoms with van der Waals surface area (Å²) in [7, 11) is 0. The van der Waals surface area contributed by atoms with E-state index in [0.717, 1.165) is 22.0 Å². The molecule has 0 bridgehead atoms. The fourth-order valence-electron chi connectivity index (χ4n) is 2.34. The first-order valence-corrected chi connectivity index (χ1v) is 6.41. The lowest BCUT2D eigenvalue weighted by atomic mass is 9.96. The van der Waals surface area contributed by atoms with Crippen molar-refractivity contribution in [2.75, 3.05) is 0 Å². The summed E-state index contributed by atoms with van der Waals surface area (Å²) in [5.41, 5.74) is 10.9. The molecule has 0 aliphatic rings. The van der Waals surface area contributed by atoms with Crippen molar-refractivity contribution >= 4 is 10.9 Å². The van der Waals surface area contributed by atoms with Crippen LogP contribution in [0.25, 0.3) is 10.9 Å². The van der Waals surface area contributed by atoms with Crippen LogP contribution in [0.2, 0.25) is 0 Å². The van der Waals surface area contributed by atoms with E-state index in [9.17, 15) is 0 Å². The van der Waals surface area contributed by atoms with Crippen LogP contribution in [-0.4, -0.2) is 4.98 Å². The lowest BCUT2D eigenvalue weighted by Gasteiger charge is -2.15. The lowest BCUT2D eigenvalue weighted by molar-refractivity contribution is 0.878. The summed E-state index contributed by atoms with van der Waals surface area (Å²) in [5.74, 6) is 0. The zero-order valence-electron chi connectivity index (χ0n) is 10.9. The maximum Gasteiger partial charge on any atom is 0.0705 e. The van der Waals surface area contributed by atoms with Gasteiger partial charge >= 0.3 is 0 Å². The van der Waals surface area contributed by atoms with Gasteiger partial charge in [-0.15, -0.1) is 0 Å². The molecule has 0 fully saturated rings. The van der Waals surface area contributed by atoms with E-state index >= 15 is 0 Å². The molecule has 94 valence electrons. The van der Waals surface area contributed by atoms with E-state index in [4.69, 9.17) is 5.73 Å². The first-order chi connectivity index (χ1) is 9.25. The van der Waals surface area contributed by atoms with Crippen LogP contribution in [0.5, 0.6) is 0 Å². The number of nitrogens with two attached hydrogens (primary N) is 1. The summed E-state index contributed by atoms with van der Waals surface area (Å²) in [6, 6.07) is 18.4. The van der Waals surface area contributed by atoms with Crippen molar-refractivity contribution < 1.29 is 0 Å². The van der Waals surface area contributed by atoms with Crippen LogP contribution in [-0.2, 0) is 0 Å². The van der Waals surface area contributed by atoms with Gasteiger partial charge in [-0.25, -0.2) is 0 Å². The maximum atomic E-state index is 6.40. The molecule has 1 heterocycles. The number of fused-ring (bicyclic) bond motifs is 1. The number of pyridine rings is 1. The van der Waals surface area contributed by atoms with E-state index < -0.39 is 0 Å². The van der Waals surface area contributed by atoms with Crippen LogP contribution >= 0.6 is 0 Å². The first-order valence-electron chi connectivity index (χ1n) is 6.41. The summed E-state index contributed by atoms with van der Waals surface area (Å²) >= 11 is 0. The summed E-state index contributed by atoms with van der Waals surface area (Å²) in [6.45, 7) is 2.08. The molecule has 2 heteroatoms. The Labute approximate surface area is 112 Å². The van der Waals surface area contributed by atoms with Crippen molar-refractivity contribution in [1.29, 1.82) is 0 Å². The molecule has 0 saturated heterocycles. The van der Waals surface area contributed by atoms with Crippen LogP contribution in [0.15, 0.2) is 60.8 Å². The van der Waals surface area contributed by atoms with E-state index in [1.807, 2.05) is 30.5 Å². The Hall–Kier alpha value is -2.19. The summed E-state index contributed by atoms with van der Waals surface area (Å²) in [4.78, 5) is 4.38. The predicted molar refractivity (Wildman–Crippen MR) is 79.0 cm³/mol. The van der Waals surface area contributed by atoms with Crippen molar-refractivity contribution in [2.45, 2.75) is 13.0 Å². The third-order valence-electron chi connectivity index (χ3n) is 3.45. The highest BCUT2D eigenvalue weighted by Gasteiger charge is 2.11. The Bertz CT molecular complexity index is 697. The number of hydrogen-bond acceptors (Lipinski definition) is 2. The van der Waals surface area contributed by atoms with Gasteiger partial charge in [-0.2, -0.15) is 0 Å². The molecule has 2 aromatic carbocycles. The van der Waals surface area contributed by atoms with E-state index in [1.54, 1.807) is 0 Å². The summed E-state index contributed by atoms with van der Waals surface area (Å²) in [6.07, 6.45) is 1.83. The summed E-state index contributed by atoms with van der Waals surface area (Å²) in [5, 5.41) is 1.12. The molecule has 1 aromatic heterocycles. The molecule has 0 spiro atoms. The standard InChI is InChI=1S/C17H16N2/c1-12-6-8-13(9-7-12)17(18)15-10-11-19-16-5-3-2-4-14(15)16/h2-11,17H,18H2,1H3. The summed E-state index contributed by atoms with van der Waals surface area (Å²) < 4.78 is 0. The molecule has 0 saturated carbocycles. The Morgan fingerprint density at radius 2 is 1.68 bits per heavy atom. The topological polar surface area (TPSA) is 38.9 Å². The van der Waals surface area contributed by atoms with E-state index in [-0.39, 0.29) is 6.04 Å². The number of nitrogens with zero attached hydrogens (tertiary/aromatic N) is 1. The molecule has 3 rings (SSSR count).